The van der Waals surface area contributed by atoms with E-state index in [2.05, 4.69) is 10.3 Å². The number of carbonyl (C=O) groups excluding carboxylic acids is 1. The Morgan fingerprint density at radius 1 is 1.33 bits per heavy atom. The third-order valence-corrected chi connectivity index (χ3v) is 3.29. The first-order chi connectivity index (χ1) is 10.3. The van der Waals surface area contributed by atoms with Gasteiger partial charge >= 0.3 is 0 Å². The lowest BCUT2D eigenvalue weighted by Gasteiger charge is -2.16. The second-order valence-corrected chi connectivity index (χ2v) is 5.04. The Hall–Kier alpha value is -2.14. The van der Waals surface area contributed by atoms with Gasteiger partial charge in [0.25, 0.3) is 0 Å². The molecule has 1 amide bonds. The van der Waals surface area contributed by atoms with E-state index in [9.17, 15) is 9.90 Å². The summed E-state index contributed by atoms with van der Waals surface area (Å²) < 4.78 is 1.95. The summed E-state index contributed by atoms with van der Waals surface area (Å²) in [5.74, 6) is -0.0231. The van der Waals surface area contributed by atoms with Crippen LogP contribution < -0.4 is 5.32 Å². The van der Waals surface area contributed by atoms with E-state index in [4.69, 9.17) is 0 Å². The fourth-order valence-electron chi connectivity index (χ4n) is 2.20. The number of aliphatic hydroxyl groups excluding tert-OH is 1. The largest absolute Gasteiger partial charge is 0.394 e. The molecule has 0 spiro atoms. The Bertz CT molecular complexity index is 526. The van der Waals surface area contributed by atoms with Gasteiger partial charge in [0.2, 0.25) is 5.91 Å². The Labute approximate surface area is 124 Å². The van der Waals surface area contributed by atoms with Crippen LogP contribution in [0.5, 0.6) is 0 Å². The molecule has 0 saturated carbocycles. The zero-order chi connectivity index (χ0) is 14.9. The van der Waals surface area contributed by atoms with E-state index >= 15 is 0 Å². The minimum atomic E-state index is -0.229. The average molecular weight is 287 g/mol. The molecular weight excluding hydrogens is 266 g/mol. The lowest BCUT2D eigenvalue weighted by Crippen LogP contribution is -2.39. The van der Waals surface area contributed by atoms with Gasteiger partial charge in [-0.2, -0.15) is 0 Å². The topological polar surface area (TPSA) is 67.2 Å². The number of imidazole rings is 1. The van der Waals surface area contributed by atoms with Crippen molar-refractivity contribution in [2.45, 2.75) is 31.8 Å². The highest BCUT2D eigenvalue weighted by Gasteiger charge is 2.11. The summed E-state index contributed by atoms with van der Waals surface area (Å²) in [5, 5.41) is 12.3. The van der Waals surface area contributed by atoms with E-state index in [1.807, 2.05) is 41.1 Å². The van der Waals surface area contributed by atoms with Gasteiger partial charge in [-0.1, -0.05) is 30.3 Å². The molecule has 5 heteroatoms. The van der Waals surface area contributed by atoms with E-state index in [1.165, 1.54) is 0 Å². The first-order valence-electron chi connectivity index (χ1n) is 7.18. The smallest absolute Gasteiger partial charge is 0.220 e. The molecule has 1 aromatic carbocycles. The number of nitrogens with one attached hydrogen (secondary N) is 1. The summed E-state index contributed by atoms with van der Waals surface area (Å²) in [7, 11) is 0. The molecule has 21 heavy (non-hydrogen) atoms. The summed E-state index contributed by atoms with van der Waals surface area (Å²) in [4.78, 5) is 15.8. The highest BCUT2D eigenvalue weighted by molar-refractivity contribution is 5.76. The number of benzene rings is 1. The second-order valence-electron chi connectivity index (χ2n) is 5.04. The van der Waals surface area contributed by atoms with Gasteiger partial charge in [-0.25, -0.2) is 4.98 Å². The minimum Gasteiger partial charge on any atom is -0.394 e. The summed E-state index contributed by atoms with van der Waals surface area (Å²) in [5.41, 5.74) is 1.11. The maximum absolute atomic E-state index is 11.9. The third kappa shape index (κ3) is 5.39. The van der Waals surface area contributed by atoms with Crippen molar-refractivity contribution >= 4 is 5.91 Å². The van der Waals surface area contributed by atoms with Gasteiger partial charge in [0.1, 0.15) is 0 Å². The number of aromatic nitrogens is 2. The lowest BCUT2D eigenvalue weighted by atomic mass is 10.1. The Morgan fingerprint density at radius 2 is 2.14 bits per heavy atom. The lowest BCUT2D eigenvalue weighted by molar-refractivity contribution is -0.122. The normalized spacial score (nSPS) is 12.0. The number of hydrogen-bond acceptors (Lipinski definition) is 3. The SMILES string of the molecule is O=C(CCCn1ccnc1)NC(CO)Cc1ccccc1. The van der Waals surface area contributed by atoms with Gasteiger partial charge in [-0.15, -0.1) is 0 Å². The van der Waals surface area contributed by atoms with Crippen LogP contribution in [0.25, 0.3) is 0 Å². The minimum absolute atomic E-state index is 0.0231. The van der Waals surface area contributed by atoms with E-state index in [0.29, 0.717) is 12.8 Å². The van der Waals surface area contributed by atoms with Crippen LogP contribution in [0.3, 0.4) is 0 Å². The second kappa shape index (κ2) is 8.21. The number of aryl methyl sites for hydroxylation is 1. The van der Waals surface area contributed by atoms with Gasteiger partial charge in [-0.3, -0.25) is 4.79 Å². The first-order valence-corrected chi connectivity index (χ1v) is 7.18. The molecule has 0 aliphatic rings. The van der Waals surface area contributed by atoms with Crippen molar-refractivity contribution in [1.82, 2.24) is 14.9 Å². The van der Waals surface area contributed by atoms with E-state index in [1.54, 1.807) is 12.5 Å². The molecule has 1 aromatic heterocycles. The molecule has 0 radical (unpaired) electrons. The van der Waals surface area contributed by atoms with Crippen LogP contribution in [0.4, 0.5) is 0 Å². The molecule has 0 aliphatic heterocycles. The van der Waals surface area contributed by atoms with Crippen LogP contribution in [0.15, 0.2) is 49.1 Å². The fraction of sp³-hybridized carbons (Fsp3) is 0.375. The first kappa shape index (κ1) is 15.3. The number of carbonyl (C=O) groups is 1. The van der Waals surface area contributed by atoms with Gasteiger partial charge in [-0.05, 0) is 18.4 Å². The zero-order valence-corrected chi connectivity index (χ0v) is 12.0. The molecule has 2 aromatic rings. The Kier molecular flexibility index (Phi) is 5.97. The number of rotatable bonds is 8. The number of hydrogen-bond donors (Lipinski definition) is 2. The van der Waals surface area contributed by atoms with Gasteiger partial charge in [0.05, 0.1) is 19.0 Å². The summed E-state index contributed by atoms with van der Waals surface area (Å²) in [6.07, 6.45) is 7.19. The van der Waals surface area contributed by atoms with Gasteiger partial charge in [0, 0.05) is 25.4 Å². The van der Waals surface area contributed by atoms with Crippen molar-refractivity contribution in [1.29, 1.82) is 0 Å². The van der Waals surface area contributed by atoms with Crippen LogP contribution in [0, 0.1) is 0 Å². The van der Waals surface area contributed by atoms with E-state index in [0.717, 1.165) is 18.5 Å². The van der Waals surface area contributed by atoms with Gasteiger partial charge < -0.3 is 15.0 Å². The van der Waals surface area contributed by atoms with Crippen molar-refractivity contribution in [3.63, 3.8) is 0 Å². The molecule has 112 valence electrons. The molecule has 5 nitrogen and oxygen atoms in total. The molecule has 0 saturated heterocycles. The number of aliphatic hydroxyl groups is 1. The molecule has 0 aliphatic carbocycles. The summed E-state index contributed by atoms with van der Waals surface area (Å²) >= 11 is 0. The molecular formula is C16H21N3O2. The monoisotopic (exact) mass is 287 g/mol. The van der Waals surface area contributed by atoms with Crippen LogP contribution in [0.1, 0.15) is 18.4 Å². The molecule has 1 heterocycles. The van der Waals surface area contributed by atoms with E-state index in [-0.39, 0.29) is 18.6 Å². The summed E-state index contributed by atoms with van der Waals surface area (Å²) in [6.45, 7) is 0.720. The molecule has 2 rings (SSSR count). The molecule has 0 fully saturated rings. The van der Waals surface area contributed by atoms with Crippen molar-refractivity contribution in [2.24, 2.45) is 0 Å². The Balaban J connectivity index is 1.72. The van der Waals surface area contributed by atoms with Gasteiger partial charge in [0.15, 0.2) is 0 Å². The Morgan fingerprint density at radius 3 is 2.81 bits per heavy atom. The maximum atomic E-state index is 11.9. The molecule has 1 atom stereocenters. The molecule has 2 N–H and O–H groups in total. The fourth-order valence-corrected chi connectivity index (χ4v) is 2.20. The number of amides is 1. The van der Waals surface area contributed by atoms with Crippen molar-refractivity contribution in [3.05, 3.63) is 54.6 Å². The summed E-state index contributed by atoms with van der Waals surface area (Å²) in [6, 6.07) is 9.62. The molecule has 1 unspecified atom stereocenters. The predicted octanol–water partition coefficient (Wildman–Crippen LogP) is 1.38. The van der Waals surface area contributed by atoms with Crippen LogP contribution in [-0.4, -0.2) is 33.2 Å². The highest BCUT2D eigenvalue weighted by atomic mass is 16.3. The van der Waals surface area contributed by atoms with Crippen LogP contribution in [-0.2, 0) is 17.8 Å². The predicted molar refractivity (Wildman–Crippen MR) is 80.6 cm³/mol. The van der Waals surface area contributed by atoms with Crippen molar-refractivity contribution in [2.75, 3.05) is 6.61 Å². The quantitative estimate of drug-likeness (QED) is 0.771. The van der Waals surface area contributed by atoms with Crippen LogP contribution >= 0.6 is 0 Å². The van der Waals surface area contributed by atoms with Crippen molar-refractivity contribution in [3.8, 4) is 0 Å². The highest BCUT2D eigenvalue weighted by Crippen LogP contribution is 2.04. The zero-order valence-electron chi connectivity index (χ0n) is 12.0. The number of nitrogens with zero attached hydrogens (tertiary/aromatic N) is 2. The van der Waals surface area contributed by atoms with E-state index < -0.39 is 0 Å². The maximum Gasteiger partial charge on any atom is 0.220 e. The standard InChI is InChI=1S/C16H21N3O2/c20-12-15(11-14-5-2-1-3-6-14)18-16(21)7-4-9-19-10-8-17-13-19/h1-3,5-6,8,10,13,15,20H,4,7,9,11-12H2,(H,18,21). The van der Waals surface area contributed by atoms with Crippen LogP contribution in [0.2, 0.25) is 0 Å². The third-order valence-electron chi connectivity index (χ3n) is 3.29. The van der Waals surface area contributed by atoms with Crippen molar-refractivity contribution < 1.29 is 9.90 Å². The average Bonchev–Trinajstić information content (AvgIpc) is 3.01. The molecule has 0 bridgehead atoms.